The van der Waals surface area contributed by atoms with Crippen LogP contribution in [0.1, 0.15) is 24.8 Å². The SMILES string of the molecule is Cc1ccc(NCC(=O)Nc2ccccc2SC(F)F)cc1S(=O)(=O)N1CCCCC1. The van der Waals surface area contributed by atoms with E-state index in [4.69, 9.17) is 0 Å². The summed E-state index contributed by atoms with van der Waals surface area (Å²) < 4.78 is 52.9. The van der Waals surface area contributed by atoms with Crippen molar-refractivity contribution in [3.63, 3.8) is 0 Å². The van der Waals surface area contributed by atoms with Crippen molar-refractivity contribution in [2.24, 2.45) is 0 Å². The summed E-state index contributed by atoms with van der Waals surface area (Å²) in [5, 5.41) is 5.53. The lowest BCUT2D eigenvalue weighted by Gasteiger charge is -2.26. The molecule has 0 atom stereocenters. The molecule has 6 nitrogen and oxygen atoms in total. The number of hydrogen-bond acceptors (Lipinski definition) is 5. The minimum atomic E-state index is -3.60. The van der Waals surface area contributed by atoms with E-state index in [1.165, 1.54) is 16.4 Å². The predicted molar refractivity (Wildman–Crippen MR) is 119 cm³/mol. The molecular formula is C21H25F2N3O3S2. The molecule has 3 rings (SSSR count). The lowest BCUT2D eigenvalue weighted by Crippen LogP contribution is -2.36. The second-order valence-electron chi connectivity index (χ2n) is 7.22. The van der Waals surface area contributed by atoms with Gasteiger partial charge >= 0.3 is 0 Å². The molecule has 1 heterocycles. The van der Waals surface area contributed by atoms with Gasteiger partial charge in [0.15, 0.2) is 0 Å². The quantitative estimate of drug-likeness (QED) is 0.555. The summed E-state index contributed by atoms with van der Waals surface area (Å²) in [6.07, 6.45) is 2.73. The minimum Gasteiger partial charge on any atom is -0.376 e. The summed E-state index contributed by atoms with van der Waals surface area (Å²) in [5.74, 6) is -3.02. The molecule has 0 unspecified atom stereocenters. The molecule has 1 saturated heterocycles. The first kappa shape index (κ1) is 23.5. The van der Waals surface area contributed by atoms with Crippen LogP contribution in [0.4, 0.5) is 20.2 Å². The molecule has 1 fully saturated rings. The van der Waals surface area contributed by atoms with Crippen molar-refractivity contribution >= 4 is 39.1 Å². The number of benzene rings is 2. The first-order valence-corrected chi connectivity index (χ1v) is 12.3. The molecule has 0 bridgehead atoms. The third kappa shape index (κ3) is 6.18. The van der Waals surface area contributed by atoms with Gasteiger partial charge in [0.1, 0.15) is 0 Å². The Morgan fingerprint density at radius 1 is 1.13 bits per heavy atom. The number of nitrogens with one attached hydrogen (secondary N) is 2. The van der Waals surface area contributed by atoms with E-state index in [1.807, 2.05) is 0 Å². The number of hydrogen-bond donors (Lipinski definition) is 2. The third-order valence-electron chi connectivity index (χ3n) is 4.95. The fraction of sp³-hybridized carbons (Fsp3) is 0.381. The summed E-state index contributed by atoms with van der Waals surface area (Å²) >= 11 is 0.361. The molecule has 0 radical (unpaired) electrons. The Bertz CT molecular complexity index is 1030. The summed E-state index contributed by atoms with van der Waals surface area (Å²) in [4.78, 5) is 12.8. The maximum absolute atomic E-state index is 13.0. The van der Waals surface area contributed by atoms with Gasteiger partial charge in [-0.3, -0.25) is 4.79 Å². The molecule has 0 aliphatic carbocycles. The molecule has 2 aromatic carbocycles. The molecular weight excluding hydrogens is 444 g/mol. The second-order valence-corrected chi connectivity index (χ2v) is 10.2. The first-order chi connectivity index (χ1) is 14.8. The standard InChI is InChI=1S/C21H25F2N3O3S2/c1-15-9-10-16(13-19(15)31(28,29)26-11-5-2-6-12-26)24-14-20(27)25-17-7-3-4-8-18(17)30-21(22)23/h3-4,7-10,13,21,24H,2,5-6,11-12,14H2,1H3,(H,25,27). The minimum absolute atomic E-state index is 0.139. The van der Waals surface area contributed by atoms with Gasteiger partial charge < -0.3 is 10.6 Å². The Morgan fingerprint density at radius 2 is 1.84 bits per heavy atom. The van der Waals surface area contributed by atoms with Gasteiger partial charge in [0, 0.05) is 23.7 Å². The van der Waals surface area contributed by atoms with E-state index in [0.29, 0.717) is 41.8 Å². The van der Waals surface area contributed by atoms with Crippen molar-refractivity contribution in [2.75, 3.05) is 30.3 Å². The van der Waals surface area contributed by atoms with Gasteiger partial charge in [-0.05, 0) is 49.6 Å². The number of nitrogens with zero attached hydrogens (tertiary/aromatic N) is 1. The van der Waals surface area contributed by atoms with Gasteiger partial charge in [0.25, 0.3) is 5.76 Å². The van der Waals surface area contributed by atoms with Crippen LogP contribution in [0.25, 0.3) is 0 Å². The largest absolute Gasteiger partial charge is 0.376 e. The van der Waals surface area contributed by atoms with Crippen LogP contribution in [0.15, 0.2) is 52.3 Å². The molecule has 0 spiro atoms. The monoisotopic (exact) mass is 469 g/mol. The van der Waals surface area contributed by atoms with Gasteiger partial charge in [-0.15, -0.1) is 0 Å². The Balaban J connectivity index is 1.67. The van der Waals surface area contributed by atoms with Crippen LogP contribution in [0.3, 0.4) is 0 Å². The van der Waals surface area contributed by atoms with E-state index in [0.717, 1.165) is 19.3 Å². The van der Waals surface area contributed by atoms with Crippen LogP contribution in [0.2, 0.25) is 0 Å². The molecule has 1 aliphatic rings. The number of anilines is 2. The van der Waals surface area contributed by atoms with E-state index in [1.54, 1.807) is 37.3 Å². The van der Waals surface area contributed by atoms with Crippen molar-refractivity contribution in [2.45, 2.75) is 41.7 Å². The lowest BCUT2D eigenvalue weighted by atomic mass is 10.2. The number of alkyl halides is 2. The van der Waals surface area contributed by atoms with E-state index in [2.05, 4.69) is 10.6 Å². The topological polar surface area (TPSA) is 78.5 Å². The highest BCUT2D eigenvalue weighted by Gasteiger charge is 2.27. The second kappa shape index (κ2) is 10.4. The number of aryl methyl sites for hydroxylation is 1. The van der Waals surface area contributed by atoms with Crippen molar-refractivity contribution in [3.05, 3.63) is 48.0 Å². The fourth-order valence-corrected chi connectivity index (χ4v) is 5.74. The number of halogens is 2. The van der Waals surface area contributed by atoms with E-state index in [9.17, 15) is 22.0 Å². The van der Waals surface area contributed by atoms with Gasteiger partial charge in [0.2, 0.25) is 15.9 Å². The molecule has 0 saturated carbocycles. The number of amides is 1. The van der Waals surface area contributed by atoms with Gasteiger partial charge in [-0.1, -0.05) is 36.4 Å². The Hall–Kier alpha value is -2.17. The average Bonchev–Trinajstić information content (AvgIpc) is 2.74. The molecule has 10 heteroatoms. The first-order valence-electron chi connectivity index (χ1n) is 9.96. The maximum Gasteiger partial charge on any atom is 0.288 e. The van der Waals surface area contributed by atoms with Crippen molar-refractivity contribution in [1.29, 1.82) is 0 Å². The summed E-state index contributed by atoms with van der Waals surface area (Å²) in [7, 11) is -3.60. The Morgan fingerprint density at radius 3 is 2.55 bits per heavy atom. The van der Waals surface area contributed by atoms with E-state index in [-0.39, 0.29) is 16.3 Å². The smallest absolute Gasteiger partial charge is 0.288 e. The molecule has 1 aliphatic heterocycles. The summed E-state index contributed by atoms with van der Waals surface area (Å²) in [6.45, 7) is 2.63. The van der Waals surface area contributed by atoms with Crippen molar-refractivity contribution in [3.8, 4) is 0 Å². The normalized spacial score (nSPS) is 15.1. The number of piperidine rings is 1. The van der Waals surface area contributed by atoms with Crippen LogP contribution >= 0.6 is 11.8 Å². The number of para-hydroxylation sites is 1. The Labute approximate surface area is 185 Å². The number of sulfonamides is 1. The zero-order chi connectivity index (χ0) is 22.4. The summed E-state index contributed by atoms with van der Waals surface area (Å²) in [5.41, 5.74) is 1.43. The zero-order valence-corrected chi connectivity index (χ0v) is 18.7. The predicted octanol–water partition coefficient (Wildman–Crippen LogP) is 4.53. The van der Waals surface area contributed by atoms with Crippen LogP contribution in [-0.2, 0) is 14.8 Å². The van der Waals surface area contributed by atoms with Crippen molar-refractivity contribution in [1.82, 2.24) is 4.31 Å². The molecule has 2 N–H and O–H groups in total. The highest BCUT2D eigenvalue weighted by Crippen LogP contribution is 2.31. The van der Waals surface area contributed by atoms with Gasteiger partial charge in [-0.2, -0.15) is 13.1 Å². The zero-order valence-electron chi connectivity index (χ0n) is 17.1. The van der Waals surface area contributed by atoms with E-state index < -0.39 is 21.7 Å². The van der Waals surface area contributed by atoms with Gasteiger partial charge in [-0.25, -0.2) is 8.42 Å². The number of rotatable bonds is 8. The highest BCUT2D eigenvalue weighted by molar-refractivity contribution is 7.99. The molecule has 0 aromatic heterocycles. The number of thioether (sulfide) groups is 1. The fourth-order valence-electron chi connectivity index (χ4n) is 3.38. The highest BCUT2D eigenvalue weighted by atomic mass is 32.2. The number of carbonyl (C=O) groups is 1. The molecule has 2 aromatic rings. The molecule has 1 amide bonds. The van der Waals surface area contributed by atoms with Crippen molar-refractivity contribution < 1.29 is 22.0 Å². The van der Waals surface area contributed by atoms with Gasteiger partial charge in [0.05, 0.1) is 17.1 Å². The maximum atomic E-state index is 13.0. The molecule has 168 valence electrons. The van der Waals surface area contributed by atoms with Crippen LogP contribution in [0.5, 0.6) is 0 Å². The third-order valence-corrected chi connectivity index (χ3v) is 7.78. The van der Waals surface area contributed by atoms with Crippen LogP contribution < -0.4 is 10.6 Å². The van der Waals surface area contributed by atoms with E-state index >= 15 is 0 Å². The van der Waals surface area contributed by atoms with Crippen LogP contribution in [-0.4, -0.2) is 44.0 Å². The average molecular weight is 470 g/mol. The Kier molecular flexibility index (Phi) is 7.90. The van der Waals surface area contributed by atoms with Crippen LogP contribution in [0, 0.1) is 6.92 Å². The summed E-state index contributed by atoms with van der Waals surface area (Å²) in [6, 6.07) is 11.3. The lowest BCUT2D eigenvalue weighted by molar-refractivity contribution is -0.114. The molecule has 31 heavy (non-hydrogen) atoms. The number of carbonyl (C=O) groups excluding carboxylic acids is 1.